The van der Waals surface area contributed by atoms with E-state index in [1.165, 1.54) is 12.1 Å². The normalized spacial score (nSPS) is 12.3. The topological polar surface area (TPSA) is 85.3 Å². The molecule has 0 aliphatic heterocycles. The fourth-order valence-electron chi connectivity index (χ4n) is 3.52. The Hall–Kier alpha value is -3.18. The maximum absolute atomic E-state index is 12.6. The third kappa shape index (κ3) is 3.87. The van der Waals surface area contributed by atoms with Gasteiger partial charge in [0.1, 0.15) is 0 Å². The molecule has 4 aromatic rings. The molecule has 0 aliphatic carbocycles. The van der Waals surface area contributed by atoms with Gasteiger partial charge in [-0.15, -0.1) is 0 Å². The molecule has 0 saturated carbocycles. The lowest BCUT2D eigenvalue weighted by atomic mass is 9.98. The Labute approximate surface area is 172 Å². The number of H-pyrrole nitrogens is 1. The molecular weight excluding hydrogens is 388 g/mol. The summed E-state index contributed by atoms with van der Waals surface area (Å²) in [5, 5.41) is 24.7. The van der Waals surface area contributed by atoms with Crippen molar-refractivity contribution in [2.75, 3.05) is 6.54 Å². The van der Waals surface area contributed by atoms with Crippen LogP contribution in [0.3, 0.4) is 0 Å². The monoisotopic (exact) mass is 408 g/mol. The molecule has 1 aromatic heterocycles. The zero-order valence-corrected chi connectivity index (χ0v) is 16.6. The van der Waals surface area contributed by atoms with Crippen LogP contribution in [0, 0.1) is 0 Å². The Kier molecular flexibility index (Phi) is 5.07. The summed E-state index contributed by atoms with van der Waals surface area (Å²) in [4.78, 5) is 16.0. The molecule has 5 nitrogen and oxygen atoms in total. The highest BCUT2D eigenvalue weighted by Gasteiger charge is 2.16. The van der Waals surface area contributed by atoms with E-state index in [1.807, 2.05) is 43.3 Å². The molecule has 1 atom stereocenters. The van der Waals surface area contributed by atoms with Crippen molar-refractivity contribution in [3.63, 3.8) is 0 Å². The Balaban J connectivity index is 1.45. The fourth-order valence-corrected chi connectivity index (χ4v) is 3.69. The van der Waals surface area contributed by atoms with Gasteiger partial charge in [0.05, 0.1) is 5.92 Å². The van der Waals surface area contributed by atoms with Crippen LogP contribution >= 0.6 is 11.6 Å². The first kappa shape index (κ1) is 19.2. The van der Waals surface area contributed by atoms with Crippen LogP contribution in [0.2, 0.25) is 5.02 Å². The predicted molar refractivity (Wildman–Crippen MR) is 116 cm³/mol. The van der Waals surface area contributed by atoms with Gasteiger partial charge >= 0.3 is 0 Å². The molecule has 29 heavy (non-hydrogen) atoms. The van der Waals surface area contributed by atoms with Gasteiger partial charge in [-0.25, -0.2) is 0 Å². The molecule has 1 heterocycles. The molecule has 0 radical (unpaired) electrons. The fraction of sp³-hybridized carbons (Fsp3) is 0.174. The number of hydrogen-bond donors (Lipinski definition) is 4. The third-order valence-corrected chi connectivity index (χ3v) is 5.47. The number of phenolic OH excluding ortho intramolecular Hbond substituents is 2. The SMILES string of the molecule is C[C@@H](C(=O)NCCc1ccc(O)c(O)c1)c1ccc2c(c1)[nH]c1ccc(Cl)cc12. The lowest BCUT2D eigenvalue weighted by Gasteiger charge is -2.13. The molecule has 4 rings (SSSR count). The van der Waals surface area contributed by atoms with E-state index in [-0.39, 0.29) is 23.3 Å². The van der Waals surface area contributed by atoms with Crippen molar-refractivity contribution < 1.29 is 15.0 Å². The maximum Gasteiger partial charge on any atom is 0.227 e. The number of hydrogen-bond acceptors (Lipinski definition) is 3. The van der Waals surface area contributed by atoms with Crippen LogP contribution in [0.4, 0.5) is 0 Å². The number of fused-ring (bicyclic) bond motifs is 3. The van der Waals surface area contributed by atoms with Crippen LogP contribution in [0.1, 0.15) is 24.0 Å². The van der Waals surface area contributed by atoms with Gasteiger partial charge in [0.15, 0.2) is 11.5 Å². The minimum Gasteiger partial charge on any atom is -0.504 e. The van der Waals surface area contributed by atoms with Crippen molar-refractivity contribution in [3.05, 3.63) is 70.7 Å². The summed E-state index contributed by atoms with van der Waals surface area (Å²) in [6.45, 7) is 2.32. The van der Waals surface area contributed by atoms with E-state index in [9.17, 15) is 15.0 Å². The molecule has 0 saturated heterocycles. The lowest BCUT2D eigenvalue weighted by Crippen LogP contribution is -2.29. The number of phenols is 2. The van der Waals surface area contributed by atoms with Crippen molar-refractivity contribution >= 4 is 39.3 Å². The van der Waals surface area contributed by atoms with Crippen LogP contribution < -0.4 is 5.32 Å². The number of amides is 1. The number of carbonyl (C=O) groups is 1. The summed E-state index contributed by atoms with van der Waals surface area (Å²) >= 11 is 6.12. The zero-order valence-electron chi connectivity index (χ0n) is 15.9. The summed E-state index contributed by atoms with van der Waals surface area (Å²) < 4.78 is 0. The van der Waals surface area contributed by atoms with Crippen molar-refractivity contribution in [3.8, 4) is 11.5 Å². The molecule has 0 bridgehead atoms. The summed E-state index contributed by atoms with van der Waals surface area (Å²) in [5.74, 6) is -0.676. The van der Waals surface area contributed by atoms with Crippen LogP contribution in [0.5, 0.6) is 11.5 Å². The minimum absolute atomic E-state index is 0.0634. The standard InChI is InChI=1S/C23H21ClN2O3/c1-13(23(29)25-9-8-14-2-7-21(27)22(28)10-14)15-3-5-17-18-12-16(24)4-6-19(18)26-20(17)11-15/h2-7,10-13,26-28H,8-9H2,1H3,(H,25,29)/t13-/m1/s1. The molecule has 3 aromatic carbocycles. The lowest BCUT2D eigenvalue weighted by molar-refractivity contribution is -0.122. The maximum atomic E-state index is 12.6. The van der Waals surface area contributed by atoms with Gasteiger partial charge in [0.25, 0.3) is 0 Å². The molecule has 0 spiro atoms. The Bertz CT molecular complexity index is 1220. The zero-order chi connectivity index (χ0) is 20.5. The van der Waals surface area contributed by atoms with Crippen molar-refractivity contribution in [1.29, 1.82) is 0 Å². The van der Waals surface area contributed by atoms with Gasteiger partial charge in [0, 0.05) is 33.4 Å². The number of halogens is 1. The van der Waals surface area contributed by atoms with E-state index in [1.54, 1.807) is 6.07 Å². The second-order valence-corrected chi connectivity index (χ2v) is 7.64. The summed E-state index contributed by atoms with van der Waals surface area (Å²) in [5.41, 5.74) is 3.75. The molecule has 0 fully saturated rings. The summed E-state index contributed by atoms with van der Waals surface area (Å²) in [6.07, 6.45) is 0.564. The van der Waals surface area contributed by atoms with E-state index in [2.05, 4.69) is 10.3 Å². The number of aromatic hydroxyl groups is 2. The van der Waals surface area contributed by atoms with E-state index in [4.69, 9.17) is 11.6 Å². The predicted octanol–water partition coefficient (Wildman–Crippen LogP) is 4.85. The van der Waals surface area contributed by atoms with E-state index < -0.39 is 0 Å². The first-order valence-corrected chi connectivity index (χ1v) is 9.79. The number of benzene rings is 3. The molecule has 6 heteroatoms. The number of nitrogens with one attached hydrogen (secondary N) is 2. The Morgan fingerprint density at radius 1 is 1.00 bits per heavy atom. The largest absolute Gasteiger partial charge is 0.504 e. The van der Waals surface area contributed by atoms with E-state index >= 15 is 0 Å². The van der Waals surface area contributed by atoms with Crippen molar-refractivity contribution in [2.45, 2.75) is 19.3 Å². The van der Waals surface area contributed by atoms with Crippen LogP contribution in [-0.4, -0.2) is 27.6 Å². The number of rotatable bonds is 5. The summed E-state index contributed by atoms with van der Waals surface area (Å²) in [7, 11) is 0. The number of carbonyl (C=O) groups excluding carboxylic acids is 1. The molecule has 148 valence electrons. The Morgan fingerprint density at radius 2 is 1.83 bits per heavy atom. The smallest absolute Gasteiger partial charge is 0.227 e. The average Bonchev–Trinajstić information content (AvgIpc) is 3.07. The van der Waals surface area contributed by atoms with Crippen LogP contribution in [0.25, 0.3) is 21.8 Å². The second kappa shape index (κ2) is 7.68. The van der Waals surface area contributed by atoms with Crippen LogP contribution in [-0.2, 0) is 11.2 Å². The molecule has 1 amide bonds. The average molecular weight is 409 g/mol. The Morgan fingerprint density at radius 3 is 2.62 bits per heavy atom. The molecular formula is C23H21ClN2O3. The second-order valence-electron chi connectivity index (χ2n) is 7.21. The van der Waals surface area contributed by atoms with Gasteiger partial charge in [0.2, 0.25) is 5.91 Å². The van der Waals surface area contributed by atoms with Gasteiger partial charge in [-0.2, -0.15) is 0 Å². The first-order chi connectivity index (χ1) is 13.9. The van der Waals surface area contributed by atoms with Crippen molar-refractivity contribution in [1.82, 2.24) is 10.3 Å². The van der Waals surface area contributed by atoms with E-state index in [0.29, 0.717) is 18.0 Å². The highest BCUT2D eigenvalue weighted by molar-refractivity contribution is 6.31. The third-order valence-electron chi connectivity index (χ3n) is 5.23. The van der Waals surface area contributed by atoms with Crippen LogP contribution in [0.15, 0.2) is 54.6 Å². The highest BCUT2D eigenvalue weighted by atomic mass is 35.5. The first-order valence-electron chi connectivity index (χ1n) is 9.42. The van der Waals surface area contributed by atoms with Gasteiger partial charge < -0.3 is 20.5 Å². The molecule has 4 N–H and O–H groups in total. The quantitative estimate of drug-likeness (QED) is 0.356. The van der Waals surface area contributed by atoms with Gasteiger partial charge in [-0.05, 0) is 60.9 Å². The van der Waals surface area contributed by atoms with Crippen molar-refractivity contribution in [2.24, 2.45) is 0 Å². The number of aromatic nitrogens is 1. The molecule has 0 unspecified atom stereocenters. The number of aromatic amines is 1. The molecule has 0 aliphatic rings. The minimum atomic E-state index is -0.303. The van der Waals surface area contributed by atoms with Gasteiger partial charge in [-0.3, -0.25) is 4.79 Å². The van der Waals surface area contributed by atoms with Gasteiger partial charge in [-0.1, -0.05) is 29.8 Å². The van der Waals surface area contributed by atoms with E-state index in [0.717, 1.165) is 32.9 Å². The summed E-state index contributed by atoms with van der Waals surface area (Å²) in [6, 6.07) is 16.4. The highest BCUT2D eigenvalue weighted by Crippen LogP contribution is 2.30.